The van der Waals surface area contributed by atoms with Gasteiger partial charge in [0.15, 0.2) is 0 Å². The van der Waals surface area contributed by atoms with E-state index in [4.69, 9.17) is 17.3 Å². The molecule has 1 aliphatic heterocycles. The number of hydrogen-bond donors (Lipinski definition) is 1. The Hall–Kier alpha value is -1.50. The Morgan fingerprint density at radius 2 is 2.19 bits per heavy atom. The van der Waals surface area contributed by atoms with Crippen LogP contribution >= 0.6 is 11.6 Å². The molecule has 0 radical (unpaired) electrons. The van der Waals surface area contributed by atoms with Crippen LogP contribution in [0, 0.1) is 23.7 Å². The fraction of sp³-hybridized carbons (Fsp3) is 0.471. The Kier molecular flexibility index (Phi) is 5.27. The van der Waals surface area contributed by atoms with Crippen molar-refractivity contribution in [3.63, 3.8) is 0 Å². The molecular formula is C17H21ClN2O. The van der Waals surface area contributed by atoms with Gasteiger partial charge >= 0.3 is 0 Å². The van der Waals surface area contributed by atoms with E-state index in [-0.39, 0.29) is 5.91 Å². The molecule has 1 heterocycles. The van der Waals surface area contributed by atoms with Crippen LogP contribution in [0.5, 0.6) is 0 Å². The first kappa shape index (κ1) is 15.9. The van der Waals surface area contributed by atoms with Crippen LogP contribution in [0.25, 0.3) is 0 Å². The number of benzene rings is 1. The monoisotopic (exact) mass is 304 g/mol. The maximum absolute atomic E-state index is 12.5. The summed E-state index contributed by atoms with van der Waals surface area (Å²) in [5.41, 5.74) is 6.68. The van der Waals surface area contributed by atoms with Gasteiger partial charge in [-0.2, -0.15) is 0 Å². The summed E-state index contributed by atoms with van der Waals surface area (Å²) < 4.78 is 0. The predicted molar refractivity (Wildman–Crippen MR) is 86.2 cm³/mol. The van der Waals surface area contributed by atoms with Crippen LogP contribution < -0.4 is 5.73 Å². The number of rotatable bonds is 1. The van der Waals surface area contributed by atoms with Crippen molar-refractivity contribution in [1.29, 1.82) is 0 Å². The molecule has 4 heteroatoms. The highest BCUT2D eigenvalue weighted by atomic mass is 35.5. The number of amides is 1. The first-order chi connectivity index (χ1) is 10.0. The Labute approximate surface area is 131 Å². The lowest BCUT2D eigenvalue weighted by Gasteiger charge is -2.35. The summed E-state index contributed by atoms with van der Waals surface area (Å²) >= 11 is 6.19. The normalized spacial score (nSPS) is 21.6. The summed E-state index contributed by atoms with van der Waals surface area (Å²) in [5, 5.41) is 0.500. The quantitative estimate of drug-likeness (QED) is 0.811. The van der Waals surface area contributed by atoms with Crippen molar-refractivity contribution in [1.82, 2.24) is 4.90 Å². The van der Waals surface area contributed by atoms with E-state index in [1.807, 2.05) is 4.90 Å². The van der Waals surface area contributed by atoms with Crippen molar-refractivity contribution in [3.05, 3.63) is 34.3 Å². The number of piperidine rings is 1. The highest BCUT2D eigenvalue weighted by Gasteiger charge is 2.26. The molecule has 1 saturated heterocycles. The number of carbonyl (C=O) groups excluding carboxylic acids is 1. The van der Waals surface area contributed by atoms with E-state index < -0.39 is 0 Å². The molecule has 1 fully saturated rings. The zero-order valence-electron chi connectivity index (χ0n) is 12.5. The number of hydrogen-bond acceptors (Lipinski definition) is 2. The highest BCUT2D eigenvalue weighted by molar-refractivity contribution is 6.32. The number of carbonyl (C=O) groups is 1. The van der Waals surface area contributed by atoms with Crippen molar-refractivity contribution in [3.8, 4) is 11.8 Å². The number of nitrogens with zero attached hydrogens (tertiary/aromatic N) is 1. The van der Waals surface area contributed by atoms with Crippen LogP contribution in [0.1, 0.15) is 36.2 Å². The molecule has 0 aliphatic carbocycles. The van der Waals surface area contributed by atoms with Crippen molar-refractivity contribution in [2.24, 2.45) is 17.6 Å². The molecule has 112 valence electrons. The molecule has 0 saturated carbocycles. The smallest absolute Gasteiger partial charge is 0.253 e. The number of nitrogens with two attached hydrogens (primary N) is 1. The first-order valence-electron chi connectivity index (χ1n) is 7.30. The van der Waals surface area contributed by atoms with E-state index in [0.29, 0.717) is 34.5 Å². The fourth-order valence-electron chi connectivity index (χ4n) is 2.53. The van der Waals surface area contributed by atoms with Crippen LogP contribution in [0.2, 0.25) is 5.02 Å². The molecule has 0 spiro atoms. The third-order valence-corrected chi connectivity index (χ3v) is 4.48. The summed E-state index contributed by atoms with van der Waals surface area (Å²) in [5.74, 6) is 6.92. The molecule has 21 heavy (non-hydrogen) atoms. The zero-order chi connectivity index (χ0) is 15.4. The van der Waals surface area contributed by atoms with Crippen LogP contribution in [-0.4, -0.2) is 30.4 Å². The van der Waals surface area contributed by atoms with Crippen molar-refractivity contribution < 1.29 is 4.79 Å². The van der Waals surface area contributed by atoms with Crippen molar-refractivity contribution >= 4 is 17.5 Å². The molecule has 1 aromatic rings. The second kappa shape index (κ2) is 6.98. The average Bonchev–Trinajstić information content (AvgIpc) is 2.48. The Bertz CT molecular complexity index is 588. The lowest BCUT2D eigenvalue weighted by molar-refractivity contribution is 0.0627. The van der Waals surface area contributed by atoms with Gasteiger partial charge in [-0.15, -0.1) is 0 Å². The molecule has 1 aromatic carbocycles. The Morgan fingerprint density at radius 3 is 2.81 bits per heavy atom. The maximum Gasteiger partial charge on any atom is 0.253 e. The Balaban J connectivity index is 2.15. The van der Waals surface area contributed by atoms with Gasteiger partial charge in [0.2, 0.25) is 0 Å². The van der Waals surface area contributed by atoms with Gasteiger partial charge in [-0.1, -0.05) is 37.3 Å². The average molecular weight is 305 g/mol. The van der Waals surface area contributed by atoms with E-state index in [0.717, 1.165) is 19.5 Å². The van der Waals surface area contributed by atoms with E-state index in [1.54, 1.807) is 18.2 Å². The Morgan fingerprint density at radius 1 is 1.43 bits per heavy atom. The van der Waals surface area contributed by atoms with Gasteiger partial charge in [0, 0.05) is 24.2 Å². The molecule has 2 N–H and O–H groups in total. The van der Waals surface area contributed by atoms with Gasteiger partial charge in [0.1, 0.15) is 0 Å². The van der Waals surface area contributed by atoms with E-state index in [1.165, 1.54) is 0 Å². The topological polar surface area (TPSA) is 46.3 Å². The van der Waals surface area contributed by atoms with Crippen LogP contribution in [-0.2, 0) is 0 Å². The summed E-state index contributed by atoms with van der Waals surface area (Å²) in [6.45, 7) is 6.36. The lowest BCUT2D eigenvalue weighted by atomic mass is 9.88. The van der Waals surface area contributed by atoms with E-state index >= 15 is 0 Å². The second-order valence-electron chi connectivity index (χ2n) is 5.69. The van der Waals surface area contributed by atoms with Gasteiger partial charge in [-0.05, 0) is 36.5 Å². The van der Waals surface area contributed by atoms with Crippen LogP contribution in [0.3, 0.4) is 0 Å². The molecule has 2 unspecified atom stereocenters. The molecule has 0 bridgehead atoms. The molecular weight excluding hydrogens is 284 g/mol. The SMILES string of the molecule is CC1CCN(C(=O)c2ccc(C#CCN)c(Cl)c2)CC1C. The predicted octanol–water partition coefficient (Wildman–Crippen LogP) is 2.77. The molecule has 1 amide bonds. The van der Waals surface area contributed by atoms with Gasteiger partial charge in [-0.3, -0.25) is 4.79 Å². The second-order valence-corrected chi connectivity index (χ2v) is 6.10. The number of likely N-dealkylation sites (tertiary alicyclic amines) is 1. The first-order valence-corrected chi connectivity index (χ1v) is 7.68. The molecule has 3 nitrogen and oxygen atoms in total. The highest BCUT2D eigenvalue weighted by Crippen LogP contribution is 2.25. The van der Waals surface area contributed by atoms with Gasteiger partial charge < -0.3 is 10.6 Å². The maximum atomic E-state index is 12.5. The fourth-order valence-corrected chi connectivity index (χ4v) is 2.75. The van der Waals surface area contributed by atoms with E-state index in [9.17, 15) is 4.79 Å². The molecule has 2 atom stereocenters. The largest absolute Gasteiger partial charge is 0.338 e. The minimum Gasteiger partial charge on any atom is -0.338 e. The summed E-state index contributed by atoms with van der Waals surface area (Å²) in [7, 11) is 0. The number of halogens is 1. The minimum absolute atomic E-state index is 0.0500. The zero-order valence-corrected chi connectivity index (χ0v) is 13.3. The third kappa shape index (κ3) is 3.78. The van der Waals surface area contributed by atoms with Gasteiger partial charge in [0.25, 0.3) is 5.91 Å². The molecule has 1 aliphatic rings. The van der Waals surface area contributed by atoms with Crippen LogP contribution in [0.15, 0.2) is 18.2 Å². The third-order valence-electron chi connectivity index (χ3n) is 4.16. The molecule has 0 aromatic heterocycles. The summed E-state index contributed by atoms with van der Waals surface area (Å²) in [6.07, 6.45) is 1.06. The van der Waals surface area contributed by atoms with Crippen LogP contribution in [0.4, 0.5) is 0 Å². The minimum atomic E-state index is 0.0500. The lowest BCUT2D eigenvalue weighted by Crippen LogP contribution is -2.42. The molecule has 2 rings (SSSR count). The summed E-state index contributed by atoms with van der Waals surface area (Å²) in [6, 6.07) is 5.28. The van der Waals surface area contributed by atoms with Gasteiger partial charge in [0.05, 0.1) is 11.6 Å². The summed E-state index contributed by atoms with van der Waals surface area (Å²) in [4.78, 5) is 14.5. The van der Waals surface area contributed by atoms with Gasteiger partial charge in [-0.25, -0.2) is 0 Å². The van der Waals surface area contributed by atoms with Crippen molar-refractivity contribution in [2.45, 2.75) is 20.3 Å². The standard InChI is InChI=1S/C17H21ClN2O/c1-12-7-9-20(11-13(12)2)17(21)15-6-5-14(4-3-8-19)16(18)10-15/h5-6,10,12-13H,7-9,11,19H2,1-2H3. The van der Waals surface area contributed by atoms with E-state index in [2.05, 4.69) is 25.7 Å². The van der Waals surface area contributed by atoms with Crippen molar-refractivity contribution in [2.75, 3.05) is 19.6 Å².